The van der Waals surface area contributed by atoms with Gasteiger partial charge >= 0.3 is 0 Å². The zero-order valence-electron chi connectivity index (χ0n) is 14.3. The number of hydrogen-bond donors (Lipinski definition) is 1. The highest BCUT2D eigenvalue weighted by Gasteiger charge is 2.09. The van der Waals surface area contributed by atoms with E-state index in [0.29, 0.717) is 5.15 Å². The Labute approximate surface area is 157 Å². The Bertz CT molecular complexity index is 908. The monoisotopic (exact) mass is 363 g/mol. The highest BCUT2D eigenvalue weighted by molar-refractivity contribution is 6.29. The normalized spacial score (nSPS) is 12.1. The van der Waals surface area contributed by atoms with E-state index in [9.17, 15) is 4.79 Å². The molecule has 0 radical (unpaired) electrons. The SMILES string of the molecule is CC(NC(=O)/C=C/c1cccnc1)c1cccc(-c2ccc(Cl)nc2)c1. The standard InChI is InChI=1S/C21H18ClN3O/c1-15(25-21(26)10-7-16-4-3-11-23-13-16)17-5-2-6-18(12-17)19-8-9-20(22)24-14-19/h2-15H,1H3,(H,25,26)/b10-7+. The predicted molar refractivity (Wildman–Crippen MR) is 105 cm³/mol. The lowest BCUT2D eigenvalue weighted by atomic mass is 10.0. The van der Waals surface area contributed by atoms with Gasteiger partial charge < -0.3 is 5.32 Å². The quantitative estimate of drug-likeness (QED) is 0.528. The maximum Gasteiger partial charge on any atom is 0.244 e. The first kappa shape index (κ1) is 17.8. The van der Waals surface area contributed by atoms with Crippen LogP contribution in [0, 0.1) is 0 Å². The van der Waals surface area contributed by atoms with Crippen molar-refractivity contribution in [1.29, 1.82) is 0 Å². The van der Waals surface area contributed by atoms with Crippen LogP contribution < -0.4 is 5.32 Å². The molecule has 4 nitrogen and oxygen atoms in total. The molecule has 0 aliphatic heterocycles. The summed E-state index contributed by atoms with van der Waals surface area (Å²) >= 11 is 5.84. The number of hydrogen-bond acceptors (Lipinski definition) is 3. The molecule has 3 rings (SSSR count). The summed E-state index contributed by atoms with van der Waals surface area (Å²) in [7, 11) is 0. The number of halogens is 1. The van der Waals surface area contributed by atoms with Gasteiger partial charge in [0.25, 0.3) is 0 Å². The Morgan fingerprint density at radius 2 is 2.00 bits per heavy atom. The van der Waals surface area contributed by atoms with E-state index in [1.165, 1.54) is 6.08 Å². The zero-order chi connectivity index (χ0) is 18.4. The van der Waals surface area contributed by atoms with Crippen LogP contribution in [-0.4, -0.2) is 15.9 Å². The van der Waals surface area contributed by atoms with Gasteiger partial charge in [0.1, 0.15) is 5.15 Å². The van der Waals surface area contributed by atoms with Gasteiger partial charge in [-0.25, -0.2) is 4.98 Å². The highest BCUT2D eigenvalue weighted by atomic mass is 35.5. The second kappa shape index (κ2) is 8.41. The molecule has 0 aliphatic rings. The zero-order valence-corrected chi connectivity index (χ0v) is 15.0. The van der Waals surface area contributed by atoms with Crippen LogP contribution in [0.5, 0.6) is 0 Å². The summed E-state index contributed by atoms with van der Waals surface area (Å²) in [6.07, 6.45) is 8.40. The Hall–Kier alpha value is -2.98. The molecule has 0 saturated heterocycles. The van der Waals surface area contributed by atoms with Crippen LogP contribution >= 0.6 is 11.6 Å². The predicted octanol–water partition coefficient (Wildman–Crippen LogP) is 4.69. The molecule has 2 aromatic heterocycles. The van der Waals surface area contributed by atoms with Crippen molar-refractivity contribution in [3.05, 3.63) is 89.5 Å². The van der Waals surface area contributed by atoms with Crippen molar-refractivity contribution < 1.29 is 4.79 Å². The first-order valence-electron chi connectivity index (χ1n) is 8.22. The maximum absolute atomic E-state index is 12.1. The molecule has 0 fully saturated rings. The van der Waals surface area contributed by atoms with Gasteiger partial charge in [0.05, 0.1) is 6.04 Å². The molecule has 130 valence electrons. The Balaban J connectivity index is 1.69. The average Bonchev–Trinajstić information content (AvgIpc) is 2.68. The average molecular weight is 364 g/mol. The Morgan fingerprint density at radius 3 is 2.73 bits per heavy atom. The largest absolute Gasteiger partial charge is 0.346 e. The number of carbonyl (C=O) groups is 1. The minimum absolute atomic E-state index is 0.124. The Morgan fingerprint density at radius 1 is 1.12 bits per heavy atom. The minimum atomic E-state index is -0.153. The van der Waals surface area contributed by atoms with E-state index in [1.54, 1.807) is 30.7 Å². The number of rotatable bonds is 5. The van der Waals surface area contributed by atoms with E-state index < -0.39 is 0 Å². The summed E-state index contributed by atoms with van der Waals surface area (Å²) in [6, 6.07) is 15.3. The lowest BCUT2D eigenvalue weighted by Gasteiger charge is -2.14. The molecular formula is C21H18ClN3O. The van der Waals surface area contributed by atoms with Gasteiger partial charge in [-0.15, -0.1) is 0 Å². The number of aromatic nitrogens is 2. The van der Waals surface area contributed by atoms with E-state index in [-0.39, 0.29) is 11.9 Å². The molecule has 3 aromatic rings. The third kappa shape index (κ3) is 4.77. The van der Waals surface area contributed by atoms with Gasteiger partial charge in [0.2, 0.25) is 5.91 Å². The first-order valence-corrected chi connectivity index (χ1v) is 8.60. The molecule has 1 aromatic carbocycles. The third-order valence-electron chi connectivity index (χ3n) is 3.92. The molecule has 1 amide bonds. The smallest absolute Gasteiger partial charge is 0.244 e. The number of nitrogens with one attached hydrogen (secondary N) is 1. The van der Waals surface area contributed by atoms with Crippen molar-refractivity contribution >= 4 is 23.6 Å². The third-order valence-corrected chi connectivity index (χ3v) is 4.14. The molecular weight excluding hydrogens is 346 g/mol. The van der Waals surface area contributed by atoms with E-state index in [1.807, 2.05) is 49.4 Å². The summed E-state index contributed by atoms with van der Waals surface area (Å²) in [6.45, 7) is 1.95. The van der Waals surface area contributed by atoms with E-state index in [0.717, 1.165) is 22.3 Å². The topological polar surface area (TPSA) is 54.9 Å². The highest BCUT2D eigenvalue weighted by Crippen LogP contribution is 2.23. The number of carbonyl (C=O) groups excluding carboxylic acids is 1. The lowest BCUT2D eigenvalue weighted by molar-refractivity contribution is -0.117. The summed E-state index contributed by atoms with van der Waals surface area (Å²) in [5.74, 6) is -0.153. The molecule has 0 bridgehead atoms. The van der Waals surface area contributed by atoms with Gasteiger partial charge in [0, 0.05) is 30.2 Å². The van der Waals surface area contributed by atoms with Gasteiger partial charge in [-0.2, -0.15) is 0 Å². The van der Waals surface area contributed by atoms with Crippen molar-refractivity contribution in [3.63, 3.8) is 0 Å². The molecule has 0 aliphatic carbocycles. The summed E-state index contributed by atoms with van der Waals surface area (Å²) < 4.78 is 0. The van der Waals surface area contributed by atoms with Crippen LogP contribution in [-0.2, 0) is 4.79 Å². The second-order valence-corrected chi connectivity index (χ2v) is 6.23. The van der Waals surface area contributed by atoms with Crippen molar-refractivity contribution in [2.75, 3.05) is 0 Å². The van der Waals surface area contributed by atoms with E-state index in [4.69, 9.17) is 11.6 Å². The summed E-state index contributed by atoms with van der Waals surface area (Å²) in [5.41, 5.74) is 3.90. The van der Waals surface area contributed by atoms with Crippen LogP contribution in [0.15, 0.2) is 73.2 Å². The molecule has 5 heteroatoms. The van der Waals surface area contributed by atoms with Crippen molar-refractivity contribution in [2.45, 2.75) is 13.0 Å². The van der Waals surface area contributed by atoms with E-state index in [2.05, 4.69) is 15.3 Å². The fourth-order valence-corrected chi connectivity index (χ4v) is 2.64. The van der Waals surface area contributed by atoms with Crippen LogP contribution in [0.4, 0.5) is 0 Å². The molecule has 2 heterocycles. The summed E-state index contributed by atoms with van der Waals surface area (Å²) in [5, 5.41) is 3.44. The van der Waals surface area contributed by atoms with Crippen LogP contribution in [0.3, 0.4) is 0 Å². The molecule has 26 heavy (non-hydrogen) atoms. The number of pyridine rings is 2. The summed E-state index contributed by atoms with van der Waals surface area (Å²) in [4.78, 5) is 20.3. The van der Waals surface area contributed by atoms with E-state index >= 15 is 0 Å². The van der Waals surface area contributed by atoms with Gasteiger partial charge in [0.15, 0.2) is 0 Å². The van der Waals surface area contributed by atoms with Gasteiger partial charge in [-0.1, -0.05) is 35.9 Å². The van der Waals surface area contributed by atoms with Crippen molar-refractivity contribution in [3.8, 4) is 11.1 Å². The van der Waals surface area contributed by atoms with Crippen molar-refractivity contribution in [1.82, 2.24) is 15.3 Å². The van der Waals surface area contributed by atoms with Crippen LogP contribution in [0.2, 0.25) is 5.15 Å². The fraction of sp³-hybridized carbons (Fsp3) is 0.0952. The van der Waals surface area contributed by atoms with Gasteiger partial charge in [-0.3, -0.25) is 9.78 Å². The maximum atomic E-state index is 12.1. The number of benzene rings is 1. The second-order valence-electron chi connectivity index (χ2n) is 5.85. The Kier molecular flexibility index (Phi) is 5.77. The molecule has 0 spiro atoms. The van der Waals surface area contributed by atoms with Crippen LogP contribution in [0.25, 0.3) is 17.2 Å². The van der Waals surface area contributed by atoms with Gasteiger partial charge in [-0.05, 0) is 54.0 Å². The molecule has 1 unspecified atom stereocenters. The molecule has 0 saturated carbocycles. The van der Waals surface area contributed by atoms with Crippen LogP contribution in [0.1, 0.15) is 24.1 Å². The molecule has 1 atom stereocenters. The molecule has 1 N–H and O–H groups in total. The number of amides is 1. The van der Waals surface area contributed by atoms with Crippen molar-refractivity contribution in [2.24, 2.45) is 0 Å². The number of nitrogens with zero attached hydrogens (tertiary/aromatic N) is 2. The lowest BCUT2D eigenvalue weighted by Crippen LogP contribution is -2.24. The first-order chi connectivity index (χ1) is 12.6. The minimum Gasteiger partial charge on any atom is -0.346 e. The fourth-order valence-electron chi connectivity index (χ4n) is 2.53.